The zero-order valence-corrected chi connectivity index (χ0v) is 18.2. The van der Waals surface area contributed by atoms with Gasteiger partial charge in [0.05, 0.1) is 22.2 Å². The smallest absolute Gasteiger partial charge is 0.182 e. The molecule has 1 aromatic carbocycles. The minimum absolute atomic E-state index is 0.0553. The van der Waals surface area contributed by atoms with E-state index >= 15 is 0 Å². The summed E-state index contributed by atoms with van der Waals surface area (Å²) in [5.41, 5.74) is 0.240. The lowest BCUT2D eigenvalue weighted by molar-refractivity contribution is -0.133. The molecular formula is C20H22ClNO7S. The van der Waals surface area contributed by atoms with E-state index in [-0.39, 0.29) is 52.6 Å². The van der Waals surface area contributed by atoms with Gasteiger partial charge in [0, 0.05) is 43.3 Å². The fraction of sp³-hybridized carbons (Fsp3) is 0.500. The Kier molecular flexibility index (Phi) is 6.74. The molecule has 0 saturated heterocycles. The van der Waals surface area contributed by atoms with Crippen molar-refractivity contribution in [3.8, 4) is 0 Å². The van der Waals surface area contributed by atoms with Gasteiger partial charge in [0.2, 0.25) is 0 Å². The number of sulfone groups is 1. The molecule has 1 atom stereocenters. The second-order valence-corrected chi connectivity index (χ2v) is 9.65. The number of nitrogens with zero attached hydrogens (tertiary/aromatic N) is 1. The van der Waals surface area contributed by atoms with Gasteiger partial charge < -0.3 is 9.57 Å². The summed E-state index contributed by atoms with van der Waals surface area (Å²) in [4.78, 5) is 42.6. The average Bonchev–Trinajstić information content (AvgIpc) is 3.13. The number of Topliss-reactive ketones (excluding diaryl/α,β-unsaturated/α-hetero) is 3. The number of halogens is 1. The zero-order chi connectivity index (χ0) is 22.1. The number of ketones is 3. The first kappa shape index (κ1) is 22.6. The topological polar surface area (TPSA) is 116 Å². The number of ether oxygens (including phenoxy) is 1. The third-order valence-corrected chi connectivity index (χ3v) is 6.58. The van der Waals surface area contributed by atoms with Crippen LogP contribution < -0.4 is 0 Å². The molecule has 0 radical (unpaired) electrons. The molecule has 0 aromatic heterocycles. The van der Waals surface area contributed by atoms with Gasteiger partial charge in [0.1, 0.15) is 5.92 Å². The minimum Gasteiger partial charge on any atom is -0.389 e. The summed E-state index contributed by atoms with van der Waals surface area (Å²) in [5.74, 6) is -3.01. The second kappa shape index (κ2) is 8.95. The van der Waals surface area contributed by atoms with E-state index < -0.39 is 39.2 Å². The molecule has 0 N–H and O–H groups in total. The van der Waals surface area contributed by atoms with Crippen LogP contribution in [-0.2, 0) is 29.0 Å². The molecule has 1 aliphatic carbocycles. The Hall–Kier alpha value is -2.10. The molecule has 0 spiro atoms. The third-order valence-electron chi connectivity index (χ3n) is 5.05. The van der Waals surface area contributed by atoms with Gasteiger partial charge in [0.25, 0.3) is 0 Å². The summed E-state index contributed by atoms with van der Waals surface area (Å²) < 4.78 is 30.0. The van der Waals surface area contributed by atoms with Gasteiger partial charge in [-0.15, -0.1) is 0 Å². The maximum Gasteiger partial charge on any atom is 0.182 e. The fourth-order valence-corrected chi connectivity index (χ4v) is 4.92. The molecule has 162 valence electrons. The van der Waals surface area contributed by atoms with Crippen LogP contribution in [0, 0.1) is 5.92 Å². The van der Waals surface area contributed by atoms with E-state index in [0.29, 0.717) is 13.0 Å². The number of hydrogen-bond donors (Lipinski definition) is 0. The largest absolute Gasteiger partial charge is 0.389 e. The normalized spacial score (nSPS) is 20.2. The summed E-state index contributed by atoms with van der Waals surface area (Å²) >= 11 is 6.49. The molecule has 1 aromatic rings. The molecule has 1 unspecified atom stereocenters. The van der Waals surface area contributed by atoms with Crippen LogP contribution in [0.4, 0.5) is 0 Å². The van der Waals surface area contributed by atoms with E-state index in [1.54, 1.807) is 0 Å². The third kappa shape index (κ3) is 4.48. The van der Waals surface area contributed by atoms with E-state index in [4.69, 9.17) is 21.2 Å². The van der Waals surface area contributed by atoms with Gasteiger partial charge in [-0.1, -0.05) is 16.8 Å². The monoisotopic (exact) mass is 455 g/mol. The quantitative estimate of drug-likeness (QED) is 0.457. The Labute approximate surface area is 179 Å². The lowest BCUT2D eigenvalue weighted by atomic mass is 9.81. The predicted octanol–water partition coefficient (Wildman–Crippen LogP) is 2.39. The van der Waals surface area contributed by atoms with Crippen LogP contribution in [0.2, 0.25) is 5.02 Å². The van der Waals surface area contributed by atoms with E-state index in [9.17, 15) is 22.8 Å². The van der Waals surface area contributed by atoms with Crippen molar-refractivity contribution in [2.75, 3.05) is 19.5 Å². The van der Waals surface area contributed by atoms with Crippen molar-refractivity contribution in [1.82, 2.24) is 0 Å². The average molecular weight is 456 g/mol. The lowest BCUT2D eigenvalue weighted by Crippen LogP contribution is -2.35. The van der Waals surface area contributed by atoms with Crippen molar-refractivity contribution in [2.24, 2.45) is 11.1 Å². The molecule has 10 heteroatoms. The number of carbonyl (C=O) groups excluding carboxylic acids is 3. The minimum atomic E-state index is -3.71. The number of benzene rings is 1. The van der Waals surface area contributed by atoms with Gasteiger partial charge in [-0.2, -0.15) is 0 Å². The summed E-state index contributed by atoms with van der Waals surface area (Å²) in [6, 6.07) is 2.49. The van der Waals surface area contributed by atoms with Crippen molar-refractivity contribution in [3.05, 3.63) is 28.3 Å². The van der Waals surface area contributed by atoms with E-state index in [2.05, 4.69) is 5.16 Å². The van der Waals surface area contributed by atoms with Crippen molar-refractivity contribution in [3.63, 3.8) is 0 Å². The number of rotatable bonds is 7. The Bertz CT molecular complexity index is 1020. The molecule has 2 aliphatic rings. The summed E-state index contributed by atoms with van der Waals surface area (Å²) in [5, 5.41) is 3.80. The number of oxime groups is 1. The Morgan fingerprint density at radius 2 is 1.93 bits per heavy atom. The fourth-order valence-electron chi connectivity index (χ4n) is 3.59. The van der Waals surface area contributed by atoms with Crippen molar-refractivity contribution in [1.29, 1.82) is 0 Å². The highest BCUT2D eigenvalue weighted by atomic mass is 35.5. The maximum atomic E-state index is 13.0. The highest BCUT2D eigenvalue weighted by Crippen LogP contribution is 2.34. The van der Waals surface area contributed by atoms with Crippen LogP contribution >= 0.6 is 11.6 Å². The first-order chi connectivity index (χ1) is 14.1. The molecule has 0 amide bonds. The van der Waals surface area contributed by atoms with E-state index in [0.717, 1.165) is 6.26 Å². The summed E-state index contributed by atoms with van der Waals surface area (Å²) in [6.07, 6.45) is 1.56. The molecule has 8 nitrogen and oxygen atoms in total. The van der Waals surface area contributed by atoms with Crippen LogP contribution in [0.5, 0.6) is 0 Å². The van der Waals surface area contributed by atoms with Crippen molar-refractivity contribution in [2.45, 2.75) is 43.6 Å². The van der Waals surface area contributed by atoms with Crippen LogP contribution in [-0.4, -0.2) is 57.1 Å². The molecule has 3 rings (SSSR count). The van der Waals surface area contributed by atoms with Crippen molar-refractivity contribution >= 4 is 44.5 Å². The number of carbonyl (C=O) groups is 3. The summed E-state index contributed by atoms with van der Waals surface area (Å²) in [6.45, 7) is 2.58. The van der Waals surface area contributed by atoms with E-state index in [1.165, 1.54) is 12.1 Å². The lowest BCUT2D eigenvalue weighted by Gasteiger charge is -2.20. The molecule has 1 saturated carbocycles. The molecule has 1 fully saturated rings. The molecular weight excluding hydrogens is 434 g/mol. The van der Waals surface area contributed by atoms with Crippen LogP contribution in [0.25, 0.3) is 0 Å². The van der Waals surface area contributed by atoms with Gasteiger partial charge in [-0.3, -0.25) is 14.4 Å². The first-order valence-corrected chi connectivity index (χ1v) is 11.8. The SMILES string of the molecule is CCOCC1CC(c2c(S(C)(=O)=O)ccc(C(=O)C3C(=O)CCCC3=O)c2Cl)=NO1. The van der Waals surface area contributed by atoms with Gasteiger partial charge >= 0.3 is 0 Å². The Morgan fingerprint density at radius 1 is 1.27 bits per heavy atom. The van der Waals surface area contributed by atoms with Crippen LogP contribution in [0.1, 0.15) is 48.5 Å². The zero-order valence-electron chi connectivity index (χ0n) is 16.6. The van der Waals surface area contributed by atoms with Gasteiger partial charge in [0.15, 0.2) is 33.3 Å². The Balaban J connectivity index is 2.04. The van der Waals surface area contributed by atoms with Gasteiger partial charge in [-0.25, -0.2) is 8.42 Å². The van der Waals surface area contributed by atoms with Crippen LogP contribution in [0.3, 0.4) is 0 Å². The predicted molar refractivity (Wildman–Crippen MR) is 109 cm³/mol. The van der Waals surface area contributed by atoms with Crippen molar-refractivity contribution < 1.29 is 32.4 Å². The van der Waals surface area contributed by atoms with Gasteiger partial charge in [-0.05, 0) is 25.5 Å². The highest BCUT2D eigenvalue weighted by Gasteiger charge is 2.39. The highest BCUT2D eigenvalue weighted by molar-refractivity contribution is 7.90. The molecule has 1 heterocycles. The Morgan fingerprint density at radius 3 is 2.53 bits per heavy atom. The molecule has 1 aliphatic heterocycles. The summed E-state index contributed by atoms with van der Waals surface area (Å²) in [7, 11) is -3.71. The first-order valence-electron chi connectivity index (χ1n) is 9.58. The maximum absolute atomic E-state index is 13.0. The van der Waals surface area contributed by atoms with E-state index in [1.807, 2.05) is 6.92 Å². The van der Waals surface area contributed by atoms with Crippen LogP contribution in [0.15, 0.2) is 22.2 Å². The molecule has 0 bridgehead atoms. The standard InChI is InChI=1S/C20H22ClNO7S/c1-3-28-10-11-9-13(22-29-11)17-16(30(2,26)27)8-7-12(19(17)21)20(25)18-14(23)5-4-6-15(18)24/h7-8,11,18H,3-6,9-10H2,1-2H3. The second-order valence-electron chi connectivity index (χ2n) is 7.28. The molecule has 30 heavy (non-hydrogen) atoms. The number of hydrogen-bond acceptors (Lipinski definition) is 8.